The first-order valence-electron chi connectivity index (χ1n) is 15.1. The minimum atomic E-state index is -0.831. The number of nitrogens with zero attached hydrogens (tertiary/aromatic N) is 4. The van der Waals surface area contributed by atoms with E-state index < -0.39 is 18.1 Å². The number of hydrogen-bond acceptors (Lipinski definition) is 10. The maximum Gasteiger partial charge on any atom is 0.343 e. The Morgan fingerprint density at radius 3 is 2.59 bits per heavy atom. The molecule has 46 heavy (non-hydrogen) atoms. The molecule has 0 unspecified atom stereocenters. The zero-order valence-corrected chi connectivity index (χ0v) is 26.1. The first-order chi connectivity index (χ1) is 22.4. The first-order valence-corrected chi connectivity index (χ1v) is 15.1. The van der Waals surface area contributed by atoms with Gasteiger partial charge in [0, 0.05) is 36.2 Å². The summed E-state index contributed by atoms with van der Waals surface area (Å²) < 4.78 is 36.4. The zero-order valence-electron chi connectivity index (χ0n) is 26.1. The summed E-state index contributed by atoms with van der Waals surface area (Å²) in [6.07, 6.45) is 2.23. The van der Waals surface area contributed by atoms with Crippen molar-refractivity contribution in [3.63, 3.8) is 0 Å². The third kappa shape index (κ3) is 4.84. The Morgan fingerprint density at radius 2 is 1.83 bits per heavy atom. The van der Waals surface area contributed by atoms with Crippen LogP contribution in [0.3, 0.4) is 0 Å². The van der Waals surface area contributed by atoms with Crippen LogP contribution in [0.4, 0.5) is 0 Å². The molecule has 0 N–H and O–H groups in total. The van der Waals surface area contributed by atoms with Gasteiger partial charge in [-0.05, 0) is 37.5 Å². The number of fused-ring (bicyclic) bond motifs is 3. The third-order valence-electron chi connectivity index (χ3n) is 8.86. The van der Waals surface area contributed by atoms with Crippen LogP contribution in [-0.4, -0.2) is 66.4 Å². The average Bonchev–Trinajstić information content (AvgIpc) is 3.82. The summed E-state index contributed by atoms with van der Waals surface area (Å²) in [5, 5.41) is 8.39. The number of ether oxygens (including phenoxy) is 6. The van der Waals surface area contributed by atoms with Gasteiger partial charge in [0.1, 0.15) is 11.6 Å². The second-order valence-electron chi connectivity index (χ2n) is 11.4. The van der Waals surface area contributed by atoms with E-state index in [0.29, 0.717) is 54.5 Å². The molecule has 0 aliphatic carbocycles. The number of benzene rings is 3. The molecule has 0 radical (unpaired) electrons. The topological polar surface area (TPSA) is 123 Å². The average molecular weight is 627 g/mol. The second-order valence-corrected chi connectivity index (χ2v) is 11.4. The highest BCUT2D eigenvalue weighted by Gasteiger charge is 2.48. The lowest BCUT2D eigenvalue weighted by molar-refractivity contribution is -0.137. The monoisotopic (exact) mass is 626 g/mol. The second kappa shape index (κ2) is 11.9. The molecule has 7 rings (SSSR count). The van der Waals surface area contributed by atoms with Crippen molar-refractivity contribution in [3.05, 3.63) is 76.5 Å². The van der Waals surface area contributed by atoms with E-state index in [4.69, 9.17) is 28.4 Å². The van der Waals surface area contributed by atoms with Crippen LogP contribution in [0.5, 0.6) is 28.7 Å². The number of carbonyl (C=O) groups excluding carboxylic acids is 2. The van der Waals surface area contributed by atoms with Gasteiger partial charge in [-0.25, -0.2) is 9.48 Å². The minimum Gasteiger partial charge on any atom is -0.493 e. The normalized spacial score (nSPS) is 17.7. The largest absolute Gasteiger partial charge is 0.493 e. The molecule has 3 aromatic carbocycles. The van der Waals surface area contributed by atoms with Gasteiger partial charge in [0.2, 0.25) is 18.4 Å². The summed E-state index contributed by atoms with van der Waals surface area (Å²) >= 11 is 0. The molecule has 12 nitrogen and oxygen atoms in total. The van der Waals surface area contributed by atoms with Crippen LogP contribution in [-0.2, 0) is 22.5 Å². The Balaban J connectivity index is 1.22. The molecule has 0 fully saturated rings. The number of cyclic esters (lactones) is 1. The predicted molar refractivity (Wildman–Crippen MR) is 164 cm³/mol. The maximum absolute atomic E-state index is 14.1. The number of aromatic nitrogens is 3. The van der Waals surface area contributed by atoms with Crippen molar-refractivity contribution in [2.75, 3.05) is 34.7 Å². The molecular weight excluding hydrogens is 592 g/mol. The fraction of sp³-hybridized carbons (Fsp3) is 0.353. The number of aryl methyl sites for hydroxylation is 2. The number of amides is 1. The van der Waals surface area contributed by atoms with Crippen molar-refractivity contribution < 1.29 is 38.0 Å². The van der Waals surface area contributed by atoms with Crippen molar-refractivity contribution in [2.24, 2.45) is 0 Å². The van der Waals surface area contributed by atoms with E-state index in [1.54, 1.807) is 30.3 Å². The van der Waals surface area contributed by atoms with Crippen LogP contribution < -0.4 is 23.7 Å². The van der Waals surface area contributed by atoms with Crippen molar-refractivity contribution in [2.45, 2.75) is 44.9 Å². The molecule has 3 aliphatic heterocycles. The number of hydrogen-bond donors (Lipinski definition) is 0. The number of esters is 1. The number of rotatable bonds is 9. The third-order valence-corrected chi connectivity index (χ3v) is 8.86. The fourth-order valence-electron chi connectivity index (χ4n) is 6.70. The highest BCUT2D eigenvalue weighted by Crippen LogP contribution is 2.55. The molecule has 3 aliphatic rings. The van der Waals surface area contributed by atoms with E-state index in [1.165, 1.54) is 19.8 Å². The molecule has 1 aromatic heterocycles. The zero-order chi connectivity index (χ0) is 31.9. The fourth-order valence-corrected chi connectivity index (χ4v) is 6.70. The first kappa shape index (κ1) is 29.5. The molecule has 0 spiro atoms. The van der Waals surface area contributed by atoms with Gasteiger partial charge in [0.15, 0.2) is 29.1 Å². The lowest BCUT2D eigenvalue weighted by Crippen LogP contribution is -2.43. The smallest absolute Gasteiger partial charge is 0.343 e. The van der Waals surface area contributed by atoms with E-state index in [9.17, 15) is 9.59 Å². The number of carbonyl (C=O) groups is 2. The van der Waals surface area contributed by atoms with Gasteiger partial charge in [0.25, 0.3) is 0 Å². The van der Waals surface area contributed by atoms with E-state index in [-0.39, 0.29) is 30.4 Å². The molecule has 0 saturated carbocycles. The molecule has 4 heterocycles. The van der Waals surface area contributed by atoms with Crippen molar-refractivity contribution in [1.29, 1.82) is 0 Å². The molecule has 12 heteroatoms. The van der Waals surface area contributed by atoms with Gasteiger partial charge in [-0.3, -0.25) is 4.79 Å². The van der Waals surface area contributed by atoms with Crippen molar-refractivity contribution in [1.82, 2.24) is 19.9 Å². The summed E-state index contributed by atoms with van der Waals surface area (Å²) in [7, 11) is 4.55. The molecule has 4 aromatic rings. The summed E-state index contributed by atoms with van der Waals surface area (Å²) in [5.41, 5.74) is 5.60. The van der Waals surface area contributed by atoms with Gasteiger partial charge in [-0.15, -0.1) is 5.10 Å². The molecule has 238 valence electrons. The molecule has 1 amide bonds. The highest BCUT2D eigenvalue weighted by atomic mass is 16.7. The Labute approximate surface area is 265 Å². The van der Waals surface area contributed by atoms with Gasteiger partial charge < -0.3 is 33.3 Å². The molecule has 0 bridgehead atoms. The van der Waals surface area contributed by atoms with Crippen LogP contribution >= 0.6 is 0 Å². The Morgan fingerprint density at radius 1 is 1.02 bits per heavy atom. The van der Waals surface area contributed by atoms with Gasteiger partial charge in [-0.1, -0.05) is 41.1 Å². The Kier molecular flexibility index (Phi) is 7.63. The maximum atomic E-state index is 14.1. The van der Waals surface area contributed by atoms with Crippen LogP contribution in [0.15, 0.2) is 48.7 Å². The predicted octanol–water partition coefficient (Wildman–Crippen LogP) is 4.83. The van der Waals surface area contributed by atoms with Crippen molar-refractivity contribution in [3.8, 4) is 40.0 Å². The van der Waals surface area contributed by atoms with Gasteiger partial charge >= 0.3 is 5.97 Å². The summed E-state index contributed by atoms with van der Waals surface area (Å²) in [4.78, 5) is 29.4. The van der Waals surface area contributed by atoms with Crippen LogP contribution in [0, 0.1) is 6.92 Å². The van der Waals surface area contributed by atoms with Gasteiger partial charge in [-0.2, -0.15) is 0 Å². The summed E-state index contributed by atoms with van der Waals surface area (Å²) in [6, 6.07) is 12.9. The Hall–Kier alpha value is -5.26. The van der Waals surface area contributed by atoms with E-state index in [1.807, 2.05) is 41.9 Å². The standard InChI is InChI=1S/C34H34N4O8/c1-19-7-9-20(10-8-19)23-17-35-36-38(23)14-5-6-26(39)37-15-13-21-16-25-32(45-18-44-25)33(43-4)27(21)29(37)30-22-11-12-24(41-2)31(42-3)28(22)34(40)46-30/h7-12,16-17,29-30H,5-6,13-15,18H2,1-4H3/t29-,30+/m1/s1. The quantitative estimate of drug-likeness (QED) is 0.239. The van der Waals surface area contributed by atoms with Crippen LogP contribution in [0.25, 0.3) is 11.3 Å². The van der Waals surface area contributed by atoms with E-state index in [2.05, 4.69) is 10.3 Å². The SMILES string of the molecule is COc1ccc2c(c1OC)C(=O)O[C@@H]2[C@H]1c2c(cc3c(c2OC)OCO3)CCN1C(=O)CCCn1nncc1-c1ccc(C)cc1. The molecule has 2 atom stereocenters. The van der Waals surface area contributed by atoms with Crippen LogP contribution in [0.2, 0.25) is 0 Å². The van der Waals surface area contributed by atoms with E-state index in [0.717, 1.165) is 22.4 Å². The van der Waals surface area contributed by atoms with E-state index >= 15 is 0 Å². The molecule has 0 saturated heterocycles. The lowest BCUT2D eigenvalue weighted by Gasteiger charge is -2.40. The lowest BCUT2D eigenvalue weighted by atomic mass is 9.84. The van der Waals surface area contributed by atoms with Gasteiger partial charge in [0.05, 0.1) is 33.2 Å². The summed E-state index contributed by atoms with van der Waals surface area (Å²) in [6.45, 7) is 3.02. The minimum absolute atomic E-state index is 0.0625. The highest BCUT2D eigenvalue weighted by molar-refractivity contribution is 5.98. The number of methoxy groups -OCH3 is 3. The molecular formula is C34H34N4O8. The van der Waals surface area contributed by atoms with Crippen molar-refractivity contribution >= 4 is 11.9 Å². The summed E-state index contributed by atoms with van der Waals surface area (Å²) in [5.74, 6) is 1.57. The van der Waals surface area contributed by atoms with Crippen LogP contribution in [0.1, 0.15) is 57.6 Å². The Bertz CT molecular complexity index is 1820.